The predicted molar refractivity (Wildman–Crippen MR) is 78.6 cm³/mol. The van der Waals surface area contributed by atoms with Gasteiger partial charge < -0.3 is 5.32 Å². The predicted octanol–water partition coefficient (Wildman–Crippen LogP) is 4.25. The van der Waals surface area contributed by atoms with Crippen molar-refractivity contribution in [2.75, 3.05) is 11.9 Å². The van der Waals surface area contributed by atoms with Crippen molar-refractivity contribution in [2.45, 2.75) is 25.7 Å². The van der Waals surface area contributed by atoms with Crippen LogP contribution in [0.1, 0.15) is 31.5 Å². The zero-order valence-electron chi connectivity index (χ0n) is 11.2. The highest BCUT2D eigenvalue weighted by molar-refractivity contribution is 6.33. The smallest absolute Gasteiger partial charge is 0.134 e. The molecule has 1 aromatic carbocycles. The molecule has 0 atom stereocenters. The molecule has 1 fully saturated rings. The minimum absolute atomic E-state index is 0.345. The van der Waals surface area contributed by atoms with E-state index in [4.69, 9.17) is 11.6 Å². The average Bonchev–Trinajstić information content (AvgIpc) is 3.23. The summed E-state index contributed by atoms with van der Waals surface area (Å²) in [6.07, 6.45) is 2.26. The second-order valence-electron chi connectivity index (χ2n) is 4.93. The van der Waals surface area contributed by atoms with Crippen LogP contribution in [0.3, 0.4) is 0 Å². The van der Waals surface area contributed by atoms with Crippen LogP contribution in [0.5, 0.6) is 0 Å². The first kappa shape index (κ1) is 13.3. The summed E-state index contributed by atoms with van der Waals surface area (Å²) in [7, 11) is 0. The van der Waals surface area contributed by atoms with E-state index in [1.54, 1.807) is 6.07 Å². The highest BCUT2D eigenvalue weighted by Crippen LogP contribution is 2.39. The number of aromatic nitrogens is 2. The molecule has 0 aliphatic heterocycles. The second-order valence-corrected chi connectivity index (χ2v) is 5.33. The normalized spacial score (nSPS) is 14.3. The average molecular weight is 292 g/mol. The third kappa shape index (κ3) is 2.75. The van der Waals surface area contributed by atoms with Crippen LogP contribution in [-0.4, -0.2) is 16.5 Å². The number of halogens is 2. The van der Waals surface area contributed by atoms with Crippen molar-refractivity contribution in [3.8, 4) is 11.3 Å². The Kier molecular flexibility index (Phi) is 3.57. The van der Waals surface area contributed by atoms with Gasteiger partial charge in [0.25, 0.3) is 0 Å². The van der Waals surface area contributed by atoms with Gasteiger partial charge in [-0.15, -0.1) is 0 Å². The highest BCUT2D eigenvalue weighted by atomic mass is 35.5. The summed E-state index contributed by atoms with van der Waals surface area (Å²) in [5.74, 6) is 1.74. The molecule has 5 heteroatoms. The van der Waals surface area contributed by atoms with E-state index in [1.807, 2.05) is 13.0 Å². The van der Waals surface area contributed by atoms with E-state index in [1.165, 1.54) is 12.1 Å². The molecule has 1 aliphatic rings. The fourth-order valence-corrected chi connectivity index (χ4v) is 2.36. The Labute approximate surface area is 122 Å². The van der Waals surface area contributed by atoms with Gasteiger partial charge in [0.1, 0.15) is 17.5 Å². The third-order valence-electron chi connectivity index (χ3n) is 3.25. The molecular weight excluding hydrogens is 277 g/mol. The number of anilines is 1. The largest absolute Gasteiger partial charge is 0.370 e. The fourth-order valence-electron chi connectivity index (χ4n) is 2.10. The van der Waals surface area contributed by atoms with E-state index < -0.39 is 0 Å². The number of hydrogen-bond donors (Lipinski definition) is 1. The number of nitrogens with one attached hydrogen (secondary N) is 1. The highest BCUT2D eigenvalue weighted by Gasteiger charge is 2.27. The molecule has 0 saturated heterocycles. The molecule has 1 aliphatic carbocycles. The van der Waals surface area contributed by atoms with Gasteiger partial charge in [-0.25, -0.2) is 14.4 Å². The van der Waals surface area contributed by atoms with Gasteiger partial charge in [0.15, 0.2) is 0 Å². The van der Waals surface area contributed by atoms with Crippen molar-refractivity contribution >= 4 is 17.4 Å². The van der Waals surface area contributed by atoms with Gasteiger partial charge in [-0.05, 0) is 38.0 Å². The van der Waals surface area contributed by atoms with Crippen molar-refractivity contribution in [1.29, 1.82) is 0 Å². The van der Waals surface area contributed by atoms with Gasteiger partial charge in [0.2, 0.25) is 0 Å². The minimum atomic E-state index is -0.345. The van der Waals surface area contributed by atoms with Gasteiger partial charge in [0.05, 0.1) is 10.7 Å². The van der Waals surface area contributed by atoms with E-state index in [2.05, 4.69) is 15.3 Å². The Morgan fingerprint density at radius 1 is 1.30 bits per heavy atom. The zero-order chi connectivity index (χ0) is 14.1. The molecular formula is C15H15ClFN3. The molecule has 0 unspecified atom stereocenters. The maximum absolute atomic E-state index is 13.2. The molecule has 0 bridgehead atoms. The molecule has 104 valence electrons. The first-order valence-electron chi connectivity index (χ1n) is 6.75. The molecule has 1 heterocycles. The van der Waals surface area contributed by atoms with Crippen LogP contribution < -0.4 is 5.32 Å². The van der Waals surface area contributed by atoms with E-state index in [-0.39, 0.29) is 5.82 Å². The Bertz CT molecular complexity index is 641. The summed E-state index contributed by atoms with van der Waals surface area (Å²) >= 11 is 6.12. The number of hydrogen-bond acceptors (Lipinski definition) is 3. The lowest BCUT2D eigenvalue weighted by Crippen LogP contribution is -2.04. The molecule has 0 radical (unpaired) electrons. The first-order valence-corrected chi connectivity index (χ1v) is 7.13. The number of nitrogens with zero attached hydrogens (tertiary/aromatic N) is 2. The molecule has 3 nitrogen and oxygen atoms in total. The lowest BCUT2D eigenvalue weighted by Gasteiger charge is -2.10. The quantitative estimate of drug-likeness (QED) is 0.915. The molecule has 20 heavy (non-hydrogen) atoms. The summed E-state index contributed by atoms with van der Waals surface area (Å²) in [6, 6.07) is 6.22. The molecule has 2 aromatic rings. The second kappa shape index (κ2) is 5.37. The van der Waals surface area contributed by atoms with Gasteiger partial charge in [-0.3, -0.25) is 0 Å². The van der Waals surface area contributed by atoms with Gasteiger partial charge in [-0.2, -0.15) is 0 Å². The first-order chi connectivity index (χ1) is 9.67. The summed E-state index contributed by atoms with van der Waals surface area (Å²) < 4.78 is 13.2. The lowest BCUT2D eigenvalue weighted by molar-refractivity contribution is 0.628. The molecule has 0 amide bonds. The number of benzene rings is 1. The summed E-state index contributed by atoms with van der Waals surface area (Å²) in [6.45, 7) is 2.81. The third-order valence-corrected chi connectivity index (χ3v) is 3.56. The fraction of sp³-hybridized carbons (Fsp3) is 0.333. The van der Waals surface area contributed by atoms with Crippen LogP contribution in [0, 0.1) is 5.82 Å². The summed E-state index contributed by atoms with van der Waals surface area (Å²) in [4.78, 5) is 9.10. The topological polar surface area (TPSA) is 37.8 Å². The van der Waals surface area contributed by atoms with Crippen LogP contribution in [-0.2, 0) is 0 Å². The Morgan fingerprint density at radius 3 is 2.75 bits per heavy atom. The molecule has 1 aromatic heterocycles. The van der Waals surface area contributed by atoms with Gasteiger partial charge in [-0.1, -0.05) is 11.6 Å². The lowest BCUT2D eigenvalue weighted by atomic mass is 10.1. The van der Waals surface area contributed by atoms with E-state index in [0.29, 0.717) is 10.9 Å². The Morgan fingerprint density at radius 2 is 2.10 bits per heavy atom. The Balaban J connectivity index is 2.06. The van der Waals surface area contributed by atoms with Crippen molar-refractivity contribution in [3.63, 3.8) is 0 Å². The van der Waals surface area contributed by atoms with Crippen LogP contribution >= 0.6 is 11.6 Å². The monoisotopic (exact) mass is 291 g/mol. The van der Waals surface area contributed by atoms with Crippen molar-refractivity contribution < 1.29 is 4.39 Å². The maximum atomic E-state index is 13.2. The summed E-state index contributed by atoms with van der Waals surface area (Å²) in [5, 5.41) is 3.57. The number of rotatable bonds is 4. The maximum Gasteiger partial charge on any atom is 0.134 e. The van der Waals surface area contributed by atoms with Crippen molar-refractivity contribution in [3.05, 3.63) is 40.9 Å². The molecule has 1 saturated carbocycles. The molecule has 1 N–H and O–H groups in total. The Hall–Kier alpha value is -1.68. The SMILES string of the molecule is CCNc1cc(-c2ccc(F)cc2Cl)nc(C2CC2)n1. The van der Waals surface area contributed by atoms with Crippen LogP contribution in [0.15, 0.2) is 24.3 Å². The van der Waals surface area contributed by atoms with Gasteiger partial charge in [0, 0.05) is 24.1 Å². The standard InChI is InChI=1S/C15H15ClFN3/c1-2-18-14-8-13(19-15(20-14)9-3-4-9)11-6-5-10(17)7-12(11)16/h5-9H,2-4H2,1H3,(H,18,19,20). The molecule has 3 rings (SSSR count). The molecule has 0 spiro atoms. The van der Waals surface area contributed by atoms with E-state index in [9.17, 15) is 4.39 Å². The minimum Gasteiger partial charge on any atom is -0.370 e. The van der Waals surface area contributed by atoms with Gasteiger partial charge >= 0.3 is 0 Å². The van der Waals surface area contributed by atoms with Crippen LogP contribution in [0.4, 0.5) is 10.2 Å². The van der Waals surface area contributed by atoms with E-state index in [0.717, 1.165) is 42.3 Å². The van der Waals surface area contributed by atoms with Crippen LogP contribution in [0.25, 0.3) is 11.3 Å². The van der Waals surface area contributed by atoms with E-state index >= 15 is 0 Å². The van der Waals surface area contributed by atoms with Crippen LogP contribution in [0.2, 0.25) is 5.02 Å². The summed E-state index contributed by atoms with van der Waals surface area (Å²) in [5.41, 5.74) is 1.47. The zero-order valence-corrected chi connectivity index (χ0v) is 11.9. The van der Waals surface area contributed by atoms with Crippen molar-refractivity contribution in [2.24, 2.45) is 0 Å². The van der Waals surface area contributed by atoms with Crippen molar-refractivity contribution in [1.82, 2.24) is 9.97 Å².